The number of carbonyl (C=O) groups is 2. The molecule has 0 unspecified atom stereocenters. The van der Waals surface area contributed by atoms with Crippen molar-refractivity contribution < 1.29 is 14.1 Å². The molecule has 4 nitrogen and oxygen atoms in total. The van der Waals surface area contributed by atoms with Gasteiger partial charge < -0.3 is 4.52 Å². The first-order valence-electron chi connectivity index (χ1n) is 4.86. The van der Waals surface area contributed by atoms with Gasteiger partial charge in [-0.15, -0.1) is 0 Å². The van der Waals surface area contributed by atoms with E-state index >= 15 is 0 Å². The third-order valence-corrected chi connectivity index (χ3v) is 2.57. The Morgan fingerprint density at radius 1 is 1.27 bits per heavy atom. The second-order valence-corrected chi connectivity index (χ2v) is 3.78. The lowest BCUT2D eigenvalue weighted by Gasteiger charge is -2.09. The molecule has 1 rings (SSSR count). The van der Waals surface area contributed by atoms with Crippen molar-refractivity contribution in [3.8, 4) is 0 Å². The number of ketones is 2. The quantitative estimate of drug-likeness (QED) is 0.707. The van der Waals surface area contributed by atoms with E-state index in [0.717, 1.165) is 11.3 Å². The van der Waals surface area contributed by atoms with E-state index in [1.807, 2.05) is 6.92 Å². The van der Waals surface area contributed by atoms with Crippen LogP contribution >= 0.6 is 0 Å². The molecule has 4 heteroatoms. The van der Waals surface area contributed by atoms with Crippen LogP contribution in [0, 0.1) is 19.8 Å². The standard InChI is InChI=1S/C11H15NO3/c1-6-10(9(4)15-12-6)5-11(7(2)13)8(3)14/h11H,5H2,1-4H3. The average molecular weight is 209 g/mol. The lowest BCUT2D eigenvalue weighted by atomic mass is 9.92. The fourth-order valence-electron chi connectivity index (χ4n) is 1.57. The van der Waals surface area contributed by atoms with Gasteiger partial charge in [0.15, 0.2) is 0 Å². The summed E-state index contributed by atoms with van der Waals surface area (Å²) in [6.45, 7) is 6.46. The summed E-state index contributed by atoms with van der Waals surface area (Å²) in [6.07, 6.45) is 0.395. The Kier molecular flexibility index (Phi) is 3.39. The first-order valence-corrected chi connectivity index (χ1v) is 4.86. The minimum absolute atomic E-state index is 0.109. The maximum Gasteiger partial charge on any atom is 0.140 e. The molecule has 1 heterocycles. The molecular weight excluding hydrogens is 194 g/mol. The van der Waals surface area contributed by atoms with Crippen molar-refractivity contribution >= 4 is 11.6 Å². The minimum atomic E-state index is -0.568. The number of Topliss-reactive ketones (excluding diaryl/α,β-unsaturated/α-hetero) is 2. The monoisotopic (exact) mass is 209 g/mol. The van der Waals surface area contributed by atoms with E-state index in [1.165, 1.54) is 13.8 Å². The van der Waals surface area contributed by atoms with E-state index in [9.17, 15) is 9.59 Å². The molecule has 0 aliphatic rings. The van der Waals surface area contributed by atoms with E-state index in [1.54, 1.807) is 6.92 Å². The molecule has 0 aliphatic heterocycles. The summed E-state index contributed by atoms with van der Waals surface area (Å²) < 4.78 is 4.98. The van der Waals surface area contributed by atoms with E-state index in [4.69, 9.17) is 4.52 Å². The molecular formula is C11H15NO3. The summed E-state index contributed by atoms with van der Waals surface area (Å²) in [5, 5.41) is 3.79. The van der Waals surface area contributed by atoms with Gasteiger partial charge in [-0.25, -0.2) is 0 Å². The highest BCUT2D eigenvalue weighted by Crippen LogP contribution is 2.18. The first kappa shape index (κ1) is 11.6. The lowest BCUT2D eigenvalue weighted by Crippen LogP contribution is -2.22. The largest absolute Gasteiger partial charge is 0.361 e. The smallest absolute Gasteiger partial charge is 0.140 e. The predicted molar refractivity (Wildman–Crippen MR) is 54.5 cm³/mol. The molecule has 0 aromatic carbocycles. The van der Waals surface area contributed by atoms with Crippen LogP contribution in [0.5, 0.6) is 0 Å². The van der Waals surface area contributed by atoms with Crippen LogP contribution in [0.3, 0.4) is 0 Å². The number of aryl methyl sites for hydroxylation is 2. The van der Waals surface area contributed by atoms with Gasteiger partial charge in [0.1, 0.15) is 17.3 Å². The van der Waals surface area contributed by atoms with Crippen molar-refractivity contribution in [1.29, 1.82) is 0 Å². The SMILES string of the molecule is CC(=O)C(Cc1c(C)noc1C)C(C)=O. The molecule has 0 saturated heterocycles. The van der Waals surface area contributed by atoms with Crippen LogP contribution in [0.2, 0.25) is 0 Å². The number of rotatable bonds is 4. The van der Waals surface area contributed by atoms with Crippen LogP contribution in [0.25, 0.3) is 0 Å². The van der Waals surface area contributed by atoms with E-state index < -0.39 is 5.92 Å². The Balaban J connectivity index is 2.93. The van der Waals surface area contributed by atoms with E-state index in [2.05, 4.69) is 5.16 Å². The van der Waals surface area contributed by atoms with Gasteiger partial charge in [-0.3, -0.25) is 9.59 Å². The molecule has 15 heavy (non-hydrogen) atoms. The second-order valence-electron chi connectivity index (χ2n) is 3.78. The summed E-state index contributed by atoms with van der Waals surface area (Å²) in [5.41, 5.74) is 1.62. The summed E-state index contributed by atoms with van der Waals surface area (Å²) in [5.74, 6) is -0.105. The van der Waals surface area contributed by atoms with Crippen LogP contribution in [0.4, 0.5) is 0 Å². The van der Waals surface area contributed by atoms with Crippen molar-refractivity contribution in [3.05, 3.63) is 17.0 Å². The highest BCUT2D eigenvalue weighted by molar-refractivity contribution is 6.00. The van der Waals surface area contributed by atoms with E-state index in [0.29, 0.717) is 12.2 Å². The predicted octanol–water partition coefficient (Wildman–Crippen LogP) is 1.63. The molecule has 0 spiro atoms. The fourth-order valence-corrected chi connectivity index (χ4v) is 1.57. The Morgan fingerprint density at radius 3 is 2.13 bits per heavy atom. The normalized spacial score (nSPS) is 10.7. The molecule has 0 aliphatic carbocycles. The Morgan fingerprint density at radius 2 is 1.80 bits per heavy atom. The van der Waals surface area contributed by atoms with E-state index in [-0.39, 0.29) is 11.6 Å². The Bertz CT molecular complexity index is 359. The van der Waals surface area contributed by atoms with Crippen molar-refractivity contribution in [2.75, 3.05) is 0 Å². The molecule has 0 atom stereocenters. The van der Waals surface area contributed by atoms with Gasteiger partial charge in [-0.05, 0) is 34.1 Å². The van der Waals surface area contributed by atoms with Crippen LogP contribution < -0.4 is 0 Å². The van der Waals surface area contributed by atoms with Gasteiger partial charge in [-0.1, -0.05) is 5.16 Å². The molecule has 0 N–H and O–H groups in total. The van der Waals surface area contributed by atoms with Crippen LogP contribution in [-0.2, 0) is 16.0 Å². The third kappa shape index (κ3) is 2.52. The summed E-state index contributed by atoms with van der Waals surface area (Å²) >= 11 is 0. The Labute approximate surface area is 88.6 Å². The molecule has 0 saturated carbocycles. The number of hydrogen-bond donors (Lipinski definition) is 0. The molecule has 1 aromatic rings. The fraction of sp³-hybridized carbons (Fsp3) is 0.545. The highest BCUT2D eigenvalue weighted by Gasteiger charge is 2.23. The third-order valence-electron chi connectivity index (χ3n) is 2.57. The maximum atomic E-state index is 11.3. The second kappa shape index (κ2) is 4.38. The zero-order valence-corrected chi connectivity index (χ0v) is 9.46. The summed E-state index contributed by atoms with van der Waals surface area (Å²) in [6, 6.07) is 0. The molecule has 0 fully saturated rings. The number of nitrogens with zero attached hydrogens (tertiary/aromatic N) is 1. The zero-order valence-electron chi connectivity index (χ0n) is 9.46. The van der Waals surface area contributed by atoms with Gasteiger partial charge in [0.05, 0.1) is 11.6 Å². The molecule has 82 valence electrons. The first-order chi connectivity index (χ1) is 6.93. The van der Waals surface area contributed by atoms with Crippen molar-refractivity contribution in [2.45, 2.75) is 34.1 Å². The molecule has 0 bridgehead atoms. The molecule has 0 radical (unpaired) electrons. The highest BCUT2D eigenvalue weighted by atomic mass is 16.5. The molecule has 0 amide bonds. The molecule has 1 aromatic heterocycles. The summed E-state index contributed by atoms with van der Waals surface area (Å²) in [7, 11) is 0. The summed E-state index contributed by atoms with van der Waals surface area (Å²) in [4.78, 5) is 22.5. The van der Waals surface area contributed by atoms with Crippen LogP contribution in [-0.4, -0.2) is 16.7 Å². The van der Waals surface area contributed by atoms with Gasteiger partial charge in [0, 0.05) is 5.56 Å². The number of hydrogen-bond acceptors (Lipinski definition) is 4. The topological polar surface area (TPSA) is 60.2 Å². The van der Waals surface area contributed by atoms with Crippen LogP contribution in [0.1, 0.15) is 30.9 Å². The van der Waals surface area contributed by atoms with Crippen LogP contribution in [0.15, 0.2) is 4.52 Å². The number of carbonyl (C=O) groups excluding carboxylic acids is 2. The lowest BCUT2D eigenvalue weighted by molar-refractivity contribution is -0.130. The maximum absolute atomic E-state index is 11.3. The average Bonchev–Trinajstić information content (AvgIpc) is 2.42. The number of aromatic nitrogens is 1. The van der Waals surface area contributed by atoms with Gasteiger partial charge in [0.2, 0.25) is 0 Å². The van der Waals surface area contributed by atoms with Gasteiger partial charge in [0.25, 0.3) is 0 Å². The van der Waals surface area contributed by atoms with Gasteiger partial charge >= 0.3 is 0 Å². The van der Waals surface area contributed by atoms with Gasteiger partial charge in [-0.2, -0.15) is 0 Å². The zero-order chi connectivity index (χ0) is 11.6. The minimum Gasteiger partial charge on any atom is -0.361 e. The van der Waals surface area contributed by atoms with Crippen molar-refractivity contribution in [3.63, 3.8) is 0 Å². The van der Waals surface area contributed by atoms with Crippen molar-refractivity contribution in [2.24, 2.45) is 5.92 Å². The Hall–Kier alpha value is -1.45. The van der Waals surface area contributed by atoms with Crippen molar-refractivity contribution in [1.82, 2.24) is 5.16 Å².